The number of benzene rings is 2. The quantitative estimate of drug-likeness (QED) is 0.731. The van der Waals surface area contributed by atoms with Gasteiger partial charge >= 0.3 is 0 Å². The van der Waals surface area contributed by atoms with Crippen molar-refractivity contribution < 1.29 is 13.9 Å². The molecule has 1 aromatic heterocycles. The van der Waals surface area contributed by atoms with Crippen LogP contribution in [0.1, 0.15) is 11.1 Å². The molecule has 0 fully saturated rings. The predicted molar refractivity (Wildman–Crippen MR) is 92.3 cm³/mol. The first kappa shape index (κ1) is 14.8. The minimum atomic E-state index is -1.08. The topological polar surface area (TPSA) is 82.6 Å². The van der Waals surface area contributed by atoms with Crippen LogP contribution in [0.5, 0.6) is 11.5 Å². The lowest BCUT2D eigenvalue weighted by molar-refractivity contribution is 0.259. The summed E-state index contributed by atoms with van der Waals surface area (Å²) in [6.07, 6.45) is 4.89. The molecule has 2 aliphatic rings. The molecule has 1 spiro atoms. The molecular weight excluding hydrogens is 335 g/mol. The lowest BCUT2D eigenvalue weighted by atomic mass is 9.80. The maximum absolute atomic E-state index is 14.7. The Labute approximate surface area is 148 Å². The molecule has 0 amide bonds. The zero-order chi connectivity index (χ0) is 17.7. The molecule has 1 unspecified atom stereocenters. The van der Waals surface area contributed by atoms with E-state index in [1.807, 2.05) is 18.2 Å². The van der Waals surface area contributed by atoms with Gasteiger partial charge in [0, 0.05) is 23.5 Å². The van der Waals surface area contributed by atoms with Crippen molar-refractivity contribution in [2.75, 3.05) is 6.61 Å². The largest absolute Gasteiger partial charge is 0.462 e. The third kappa shape index (κ3) is 2.00. The number of halogens is 1. The van der Waals surface area contributed by atoms with Gasteiger partial charge in [0.25, 0.3) is 6.02 Å². The molecule has 0 radical (unpaired) electrons. The fourth-order valence-electron chi connectivity index (χ4n) is 3.51. The fraction of sp³-hybridized carbons (Fsp3) is 0.105. The van der Waals surface area contributed by atoms with Gasteiger partial charge in [-0.1, -0.05) is 12.1 Å². The number of rotatable bonds is 1. The van der Waals surface area contributed by atoms with Crippen LogP contribution < -0.4 is 10.5 Å². The summed E-state index contributed by atoms with van der Waals surface area (Å²) in [4.78, 5) is 12.6. The molecule has 1 atom stereocenters. The summed E-state index contributed by atoms with van der Waals surface area (Å²) >= 11 is 0. The number of nitrogens with zero attached hydrogens (tertiary/aromatic N) is 3. The van der Waals surface area contributed by atoms with E-state index in [0.29, 0.717) is 22.6 Å². The molecule has 2 aromatic carbocycles. The zero-order valence-corrected chi connectivity index (χ0v) is 13.5. The van der Waals surface area contributed by atoms with Crippen molar-refractivity contribution >= 4 is 6.02 Å². The van der Waals surface area contributed by atoms with E-state index in [-0.39, 0.29) is 12.6 Å². The van der Waals surface area contributed by atoms with Crippen molar-refractivity contribution in [3.05, 3.63) is 72.1 Å². The SMILES string of the molecule is NC1=NC2(CO1)c1cc(-c3cncnc3)ccc1Oc1cccc(F)c12. The highest BCUT2D eigenvalue weighted by Gasteiger charge is 2.48. The molecule has 2 aliphatic heterocycles. The number of aliphatic imine (C=N–C) groups is 1. The van der Waals surface area contributed by atoms with Crippen LogP contribution in [0.25, 0.3) is 11.1 Å². The van der Waals surface area contributed by atoms with E-state index in [2.05, 4.69) is 15.0 Å². The second kappa shape index (κ2) is 5.26. The molecule has 0 saturated carbocycles. The maximum atomic E-state index is 14.7. The number of fused-ring (bicyclic) bond motifs is 4. The highest BCUT2D eigenvalue weighted by Crippen LogP contribution is 2.52. The van der Waals surface area contributed by atoms with Gasteiger partial charge in [-0.2, -0.15) is 0 Å². The van der Waals surface area contributed by atoms with E-state index in [0.717, 1.165) is 11.1 Å². The summed E-state index contributed by atoms with van der Waals surface area (Å²) in [7, 11) is 0. The van der Waals surface area contributed by atoms with Crippen molar-refractivity contribution in [2.24, 2.45) is 10.7 Å². The second-order valence-electron chi connectivity index (χ2n) is 6.15. The zero-order valence-electron chi connectivity index (χ0n) is 13.5. The summed E-state index contributed by atoms with van der Waals surface area (Å²) in [5.74, 6) is 0.588. The Kier molecular flexibility index (Phi) is 3.00. The van der Waals surface area contributed by atoms with Gasteiger partial charge in [-0.15, -0.1) is 0 Å². The van der Waals surface area contributed by atoms with E-state index in [9.17, 15) is 4.39 Å². The number of hydrogen-bond acceptors (Lipinski definition) is 6. The Morgan fingerprint density at radius 3 is 2.65 bits per heavy atom. The molecule has 128 valence electrons. The lowest BCUT2D eigenvalue weighted by Crippen LogP contribution is -2.32. The molecule has 0 saturated heterocycles. The van der Waals surface area contributed by atoms with Gasteiger partial charge in [0.05, 0.1) is 5.56 Å². The van der Waals surface area contributed by atoms with Crippen LogP contribution >= 0.6 is 0 Å². The Bertz CT molecular complexity index is 1050. The van der Waals surface area contributed by atoms with Gasteiger partial charge < -0.3 is 15.2 Å². The molecule has 6 nitrogen and oxygen atoms in total. The van der Waals surface area contributed by atoms with Crippen molar-refractivity contribution in [3.8, 4) is 22.6 Å². The summed E-state index contributed by atoms with van der Waals surface area (Å²) in [5.41, 5.74) is 7.44. The van der Waals surface area contributed by atoms with Gasteiger partial charge in [-0.3, -0.25) is 0 Å². The standard InChI is InChI=1S/C19H13FN4O2/c20-14-2-1-3-16-17(14)19(9-25-18(21)24-19)13-6-11(4-5-15(13)26-16)12-7-22-10-23-8-12/h1-8,10H,9H2,(H2,21,24). The molecule has 7 heteroatoms. The monoisotopic (exact) mass is 348 g/mol. The van der Waals surface area contributed by atoms with Gasteiger partial charge in [0.2, 0.25) is 0 Å². The number of hydrogen-bond donors (Lipinski definition) is 1. The van der Waals surface area contributed by atoms with Crippen LogP contribution in [0, 0.1) is 5.82 Å². The third-order valence-corrected chi connectivity index (χ3v) is 4.66. The van der Waals surface area contributed by atoms with Gasteiger partial charge in [-0.05, 0) is 29.8 Å². The molecule has 3 aromatic rings. The van der Waals surface area contributed by atoms with E-state index >= 15 is 0 Å². The van der Waals surface area contributed by atoms with Crippen LogP contribution in [-0.4, -0.2) is 22.6 Å². The van der Waals surface area contributed by atoms with Crippen molar-refractivity contribution in [3.63, 3.8) is 0 Å². The summed E-state index contributed by atoms with van der Waals surface area (Å²) < 4.78 is 26.1. The predicted octanol–water partition coefficient (Wildman–Crippen LogP) is 2.98. The average molecular weight is 348 g/mol. The molecule has 0 aliphatic carbocycles. The van der Waals surface area contributed by atoms with Gasteiger partial charge in [0.1, 0.15) is 30.3 Å². The van der Waals surface area contributed by atoms with Gasteiger partial charge in [-0.25, -0.2) is 19.4 Å². The minimum Gasteiger partial charge on any atom is -0.462 e. The van der Waals surface area contributed by atoms with Crippen molar-refractivity contribution in [1.82, 2.24) is 9.97 Å². The highest BCUT2D eigenvalue weighted by molar-refractivity contribution is 5.77. The average Bonchev–Trinajstić information content (AvgIpc) is 3.04. The normalized spacial score (nSPS) is 20.0. The van der Waals surface area contributed by atoms with Crippen LogP contribution in [0.15, 0.2) is 60.1 Å². The Balaban J connectivity index is 1.78. The van der Waals surface area contributed by atoms with Crippen LogP contribution in [0.2, 0.25) is 0 Å². The molecule has 2 N–H and O–H groups in total. The number of nitrogens with two attached hydrogens (primary N) is 1. The highest BCUT2D eigenvalue weighted by atomic mass is 19.1. The smallest absolute Gasteiger partial charge is 0.283 e. The van der Waals surface area contributed by atoms with Crippen LogP contribution in [-0.2, 0) is 10.3 Å². The lowest BCUT2D eigenvalue weighted by Gasteiger charge is -2.33. The molecule has 5 rings (SSSR count). The fourth-order valence-corrected chi connectivity index (χ4v) is 3.51. The van der Waals surface area contributed by atoms with E-state index in [1.165, 1.54) is 12.4 Å². The van der Waals surface area contributed by atoms with Gasteiger partial charge in [0.15, 0.2) is 5.54 Å². The third-order valence-electron chi connectivity index (χ3n) is 4.66. The first-order valence-electron chi connectivity index (χ1n) is 8.02. The van der Waals surface area contributed by atoms with E-state index < -0.39 is 11.4 Å². The number of amidine groups is 1. The Morgan fingerprint density at radius 1 is 1.04 bits per heavy atom. The van der Waals surface area contributed by atoms with Crippen LogP contribution in [0.4, 0.5) is 4.39 Å². The van der Waals surface area contributed by atoms with Crippen molar-refractivity contribution in [1.29, 1.82) is 0 Å². The molecule has 0 bridgehead atoms. The van der Waals surface area contributed by atoms with Crippen LogP contribution in [0.3, 0.4) is 0 Å². The summed E-state index contributed by atoms with van der Waals surface area (Å²) in [6.45, 7) is 0.109. The molecule has 3 heterocycles. The maximum Gasteiger partial charge on any atom is 0.283 e. The molecule has 26 heavy (non-hydrogen) atoms. The Hall–Kier alpha value is -3.48. The van der Waals surface area contributed by atoms with E-state index in [4.69, 9.17) is 15.2 Å². The summed E-state index contributed by atoms with van der Waals surface area (Å²) in [5, 5.41) is 0. The summed E-state index contributed by atoms with van der Waals surface area (Å²) in [6, 6.07) is 10.4. The number of aromatic nitrogens is 2. The minimum absolute atomic E-state index is 0.0282. The number of ether oxygens (including phenoxy) is 2. The van der Waals surface area contributed by atoms with Crippen molar-refractivity contribution in [2.45, 2.75) is 5.54 Å². The second-order valence-corrected chi connectivity index (χ2v) is 6.15. The van der Waals surface area contributed by atoms with E-state index in [1.54, 1.807) is 24.5 Å². The first-order chi connectivity index (χ1) is 12.7. The molecular formula is C19H13FN4O2. The Morgan fingerprint density at radius 2 is 1.88 bits per heavy atom. The first-order valence-corrected chi connectivity index (χ1v) is 8.02.